The molecule has 1 aromatic carbocycles. The maximum atomic E-state index is 13.8. The fourth-order valence-electron chi connectivity index (χ4n) is 10.4. The van der Waals surface area contributed by atoms with Gasteiger partial charge in [-0.25, -0.2) is 4.79 Å². The van der Waals surface area contributed by atoms with Gasteiger partial charge in [-0.3, -0.25) is 9.59 Å². The highest BCUT2D eigenvalue weighted by molar-refractivity contribution is 6.06. The molecule has 7 nitrogen and oxygen atoms in total. The van der Waals surface area contributed by atoms with Crippen LogP contribution < -0.4 is 0 Å². The van der Waals surface area contributed by atoms with Gasteiger partial charge in [-0.15, -0.1) is 0 Å². The van der Waals surface area contributed by atoms with Crippen LogP contribution in [0, 0.1) is 44.3 Å². The number of allylic oxidation sites excluding steroid dienone is 7. The number of alkyl halides is 3. The largest absolute Gasteiger partial charge is 0.504 e. The minimum Gasteiger partial charge on any atom is -0.504 e. The normalized spacial score (nSPS) is 33.9. The molecule has 0 amide bonds. The van der Waals surface area contributed by atoms with E-state index in [1.807, 2.05) is 13.8 Å². The molecule has 5 aliphatic rings. The summed E-state index contributed by atoms with van der Waals surface area (Å²) in [5.41, 5.74) is 1.66. The van der Waals surface area contributed by atoms with E-state index >= 15 is 0 Å². The Morgan fingerprint density at radius 1 is 0.962 bits per heavy atom. The van der Waals surface area contributed by atoms with Gasteiger partial charge in [-0.1, -0.05) is 57.6 Å². The molecule has 0 saturated heterocycles. The maximum absolute atomic E-state index is 13.8. The number of carbonyl (C=O) groups is 3. The highest BCUT2D eigenvalue weighted by Gasteiger charge is 2.67. The van der Waals surface area contributed by atoms with E-state index in [-0.39, 0.29) is 75.9 Å². The molecule has 6 rings (SSSR count). The molecule has 6 atom stereocenters. The average Bonchev–Trinajstić information content (AvgIpc) is 3.11. The van der Waals surface area contributed by atoms with Gasteiger partial charge >= 0.3 is 18.1 Å². The molecule has 5 aliphatic carbocycles. The first-order valence-electron chi connectivity index (χ1n) is 18.5. The fraction of sp³-hybridized carbons (Fsp3) is 0.535. The lowest BCUT2D eigenvalue weighted by Gasteiger charge is -2.70. The third-order valence-corrected chi connectivity index (χ3v) is 14.0. The second-order valence-corrected chi connectivity index (χ2v) is 17.0. The Bertz CT molecular complexity index is 1950. The lowest BCUT2D eigenvalue weighted by atomic mass is 9.34. The summed E-state index contributed by atoms with van der Waals surface area (Å²) in [6.45, 7) is 13.1. The fourth-order valence-corrected chi connectivity index (χ4v) is 10.4. The van der Waals surface area contributed by atoms with Crippen LogP contribution in [0.3, 0.4) is 0 Å². The second kappa shape index (κ2) is 13.2. The predicted octanol–water partition coefficient (Wildman–Crippen LogP) is 9.72. The van der Waals surface area contributed by atoms with E-state index < -0.39 is 23.1 Å². The van der Waals surface area contributed by atoms with Gasteiger partial charge in [0, 0.05) is 17.4 Å². The van der Waals surface area contributed by atoms with Gasteiger partial charge in [0.25, 0.3) is 0 Å². The molecule has 0 aromatic heterocycles. The van der Waals surface area contributed by atoms with Crippen molar-refractivity contribution in [3.63, 3.8) is 0 Å². The number of carbonyl (C=O) groups excluding carboxylic acids is 3. The summed E-state index contributed by atoms with van der Waals surface area (Å²) in [6, 6.07) is 5.82. The number of hydrogen-bond acceptors (Lipinski definition) is 7. The van der Waals surface area contributed by atoms with Crippen LogP contribution in [0.15, 0.2) is 76.1 Å². The standard InChI is InChI=1S/C43H48F3NO6/c1-26-30-12-13-33-40(4,31(30)23-32(48)35(26)49)17-19-42(6)34-24-39(3,15-14-38(34,2)16-18-41(33,42)5)37(51)53-21-7-20-52-36(50)28(25-47)22-27-8-10-29(11-9-27)43(44,45)46/h8-13,22-23,34,49H,7,14-21,24H2,1-6H3/b28-22+/t34-,38-,39-,40+,41-,42+/m1/s1. The molecular formula is C43H48F3NO6. The summed E-state index contributed by atoms with van der Waals surface area (Å²) in [4.78, 5) is 39.1. The molecule has 53 heavy (non-hydrogen) atoms. The van der Waals surface area contributed by atoms with Crippen LogP contribution in [-0.4, -0.2) is 36.0 Å². The number of halogens is 3. The van der Waals surface area contributed by atoms with E-state index in [0.717, 1.165) is 55.4 Å². The molecule has 3 saturated carbocycles. The van der Waals surface area contributed by atoms with E-state index in [1.54, 1.807) is 12.1 Å². The predicted molar refractivity (Wildman–Crippen MR) is 192 cm³/mol. The quantitative estimate of drug-likeness (QED) is 0.129. The summed E-state index contributed by atoms with van der Waals surface area (Å²) in [5, 5.41) is 19.9. The summed E-state index contributed by atoms with van der Waals surface area (Å²) in [7, 11) is 0. The summed E-state index contributed by atoms with van der Waals surface area (Å²) >= 11 is 0. The number of fused-ring (bicyclic) bond motifs is 7. The minimum atomic E-state index is -4.50. The minimum absolute atomic E-state index is 0.0281. The molecule has 1 N–H and O–H groups in total. The van der Waals surface area contributed by atoms with Crippen molar-refractivity contribution in [2.75, 3.05) is 13.2 Å². The maximum Gasteiger partial charge on any atom is 0.416 e. The van der Waals surface area contributed by atoms with Crippen LogP contribution in [0.5, 0.6) is 0 Å². The van der Waals surface area contributed by atoms with Crippen LogP contribution in [-0.2, 0) is 30.0 Å². The molecule has 3 fully saturated rings. The van der Waals surface area contributed by atoms with Gasteiger partial charge in [0.15, 0.2) is 5.76 Å². The van der Waals surface area contributed by atoms with Crippen LogP contribution in [0.1, 0.15) is 104 Å². The van der Waals surface area contributed by atoms with Gasteiger partial charge in [-0.05, 0) is 122 Å². The van der Waals surface area contributed by atoms with Crippen LogP contribution in [0.2, 0.25) is 0 Å². The second-order valence-electron chi connectivity index (χ2n) is 17.0. The van der Waals surface area contributed by atoms with Crippen molar-refractivity contribution in [2.24, 2.45) is 33.0 Å². The zero-order valence-electron chi connectivity index (χ0n) is 31.3. The molecule has 0 spiro atoms. The van der Waals surface area contributed by atoms with Crippen LogP contribution in [0.4, 0.5) is 13.2 Å². The summed E-state index contributed by atoms with van der Waals surface area (Å²) < 4.78 is 49.6. The highest BCUT2D eigenvalue weighted by Crippen LogP contribution is 2.75. The Hall–Kier alpha value is -4.39. The van der Waals surface area contributed by atoms with Crippen molar-refractivity contribution in [2.45, 2.75) is 99.1 Å². The monoisotopic (exact) mass is 731 g/mol. The highest BCUT2D eigenvalue weighted by atomic mass is 19.4. The SMILES string of the molecule is CC1=C(O)C(=O)C=C2C1=CC=C1[C@@]2(C)CC[C@@]2(C)[C@@H]3C[C@](C)(C(=O)OCCCOC(=O)/C(C#N)=C/c4ccc(C(F)(F)F)cc4)CC[C@]3(C)CC[C@]12C. The number of ketones is 1. The van der Waals surface area contributed by atoms with Crippen molar-refractivity contribution in [1.29, 1.82) is 5.26 Å². The topological polar surface area (TPSA) is 114 Å². The van der Waals surface area contributed by atoms with Gasteiger partial charge in [0.05, 0.1) is 24.2 Å². The first-order chi connectivity index (χ1) is 24.7. The third kappa shape index (κ3) is 6.28. The Morgan fingerprint density at radius 2 is 1.62 bits per heavy atom. The Labute approximate surface area is 309 Å². The number of nitriles is 1. The first kappa shape index (κ1) is 38.3. The molecule has 1 aromatic rings. The smallest absolute Gasteiger partial charge is 0.416 e. The van der Waals surface area contributed by atoms with Crippen LogP contribution >= 0.6 is 0 Å². The molecule has 0 radical (unpaired) electrons. The van der Waals surface area contributed by atoms with E-state index in [1.165, 1.54) is 23.8 Å². The first-order valence-corrected chi connectivity index (χ1v) is 18.5. The van der Waals surface area contributed by atoms with Crippen molar-refractivity contribution in [3.8, 4) is 6.07 Å². The Kier molecular flexibility index (Phi) is 9.53. The zero-order valence-corrected chi connectivity index (χ0v) is 31.3. The van der Waals surface area contributed by atoms with Gasteiger partial charge in [0.2, 0.25) is 5.78 Å². The van der Waals surface area contributed by atoms with Crippen molar-refractivity contribution >= 4 is 23.8 Å². The molecule has 0 heterocycles. The van der Waals surface area contributed by atoms with Gasteiger partial charge in [0.1, 0.15) is 11.6 Å². The third-order valence-electron chi connectivity index (χ3n) is 14.0. The zero-order chi connectivity index (χ0) is 38.8. The molecular weight excluding hydrogens is 683 g/mol. The van der Waals surface area contributed by atoms with Crippen molar-refractivity contribution in [1.82, 2.24) is 0 Å². The molecule has 0 unspecified atom stereocenters. The number of benzene rings is 1. The number of rotatable bonds is 7. The molecule has 282 valence electrons. The van der Waals surface area contributed by atoms with Crippen LogP contribution in [0.25, 0.3) is 6.08 Å². The van der Waals surface area contributed by atoms with E-state index in [4.69, 9.17) is 9.47 Å². The Morgan fingerprint density at radius 3 is 2.28 bits per heavy atom. The summed E-state index contributed by atoms with van der Waals surface area (Å²) in [5.74, 6) is -1.47. The Balaban J connectivity index is 1.10. The number of ether oxygens (including phenoxy) is 2. The molecule has 10 heteroatoms. The average molecular weight is 732 g/mol. The molecule has 0 bridgehead atoms. The number of nitrogens with zero attached hydrogens (tertiary/aromatic N) is 1. The van der Waals surface area contributed by atoms with Crippen molar-refractivity contribution in [3.05, 3.63) is 87.2 Å². The van der Waals surface area contributed by atoms with E-state index in [9.17, 15) is 37.9 Å². The van der Waals surface area contributed by atoms with E-state index in [2.05, 4.69) is 39.8 Å². The number of aliphatic hydroxyl groups is 1. The lowest BCUT2D eigenvalue weighted by molar-refractivity contribution is -0.182. The number of esters is 2. The van der Waals surface area contributed by atoms with Gasteiger partial charge in [-0.2, -0.15) is 18.4 Å². The van der Waals surface area contributed by atoms with Gasteiger partial charge < -0.3 is 14.6 Å². The van der Waals surface area contributed by atoms with Crippen molar-refractivity contribution < 1.29 is 42.1 Å². The number of aliphatic hydroxyl groups excluding tert-OH is 1. The lowest BCUT2D eigenvalue weighted by Crippen LogP contribution is -2.62. The van der Waals surface area contributed by atoms with E-state index in [0.29, 0.717) is 18.4 Å². The summed E-state index contributed by atoms with van der Waals surface area (Å²) in [6.07, 6.45) is 8.96. The number of hydrogen-bond donors (Lipinski definition) is 1. The molecule has 0 aliphatic heterocycles.